The fourth-order valence-corrected chi connectivity index (χ4v) is 5.17. The van der Waals surface area contributed by atoms with E-state index < -0.39 is 28.4 Å². The molecule has 0 saturated carbocycles. The molecule has 3 aromatic carbocycles. The number of benzene rings is 3. The Hall–Kier alpha value is -3.36. The summed E-state index contributed by atoms with van der Waals surface area (Å²) in [6.45, 7) is 4.85. The monoisotopic (exact) mass is 500 g/mol. The molecule has 3 rings (SSSR count). The van der Waals surface area contributed by atoms with Gasteiger partial charge in [-0.1, -0.05) is 35.9 Å². The van der Waals surface area contributed by atoms with Gasteiger partial charge in [0.05, 0.1) is 22.8 Å². The van der Waals surface area contributed by atoms with Gasteiger partial charge in [0, 0.05) is 10.7 Å². The number of ether oxygens (including phenoxy) is 1. The number of esters is 1. The van der Waals surface area contributed by atoms with Crippen molar-refractivity contribution in [3.8, 4) is 0 Å². The fourth-order valence-electron chi connectivity index (χ4n) is 3.44. The molecule has 0 fully saturated rings. The van der Waals surface area contributed by atoms with E-state index in [2.05, 4.69) is 5.32 Å². The van der Waals surface area contributed by atoms with Crippen LogP contribution < -0.4 is 9.62 Å². The molecule has 0 aliphatic heterocycles. The van der Waals surface area contributed by atoms with Crippen LogP contribution in [0.5, 0.6) is 0 Å². The smallest absolute Gasteiger partial charge is 0.338 e. The van der Waals surface area contributed by atoms with Gasteiger partial charge in [-0.2, -0.15) is 0 Å². The zero-order chi connectivity index (χ0) is 24.9. The number of carbonyl (C=O) groups excluding carboxylic acids is 2. The van der Waals surface area contributed by atoms with E-state index in [1.807, 2.05) is 0 Å². The molecule has 34 heavy (non-hydrogen) atoms. The number of hydrogen-bond acceptors (Lipinski definition) is 5. The third-order valence-corrected chi connectivity index (χ3v) is 7.16. The highest BCUT2D eigenvalue weighted by Crippen LogP contribution is 2.29. The van der Waals surface area contributed by atoms with Crippen molar-refractivity contribution in [2.24, 2.45) is 0 Å². The summed E-state index contributed by atoms with van der Waals surface area (Å²) in [7, 11) is -4.06. The molecular formula is C25H25ClN2O5S. The van der Waals surface area contributed by atoms with Gasteiger partial charge in [0.2, 0.25) is 5.91 Å². The maximum absolute atomic E-state index is 13.5. The first-order valence-corrected chi connectivity index (χ1v) is 12.4. The van der Waals surface area contributed by atoms with E-state index in [1.165, 1.54) is 12.1 Å². The molecule has 0 bridgehead atoms. The summed E-state index contributed by atoms with van der Waals surface area (Å²) in [4.78, 5) is 25.3. The normalized spacial score (nSPS) is 11.1. The Bertz CT molecular complexity index is 1310. The van der Waals surface area contributed by atoms with E-state index in [-0.39, 0.29) is 11.5 Å². The van der Waals surface area contributed by atoms with E-state index in [9.17, 15) is 18.0 Å². The second-order valence-corrected chi connectivity index (χ2v) is 9.80. The van der Waals surface area contributed by atoms with E-state index in [0.29, 0.717) is 33.1 Å². The minimum atomic E-state index is -4.06. The van der Waals surface area contributed by atoms with Crippen LogP contribution in [-0.2, 0) is 19.6 Å². The first-order chi connectivity index (χ1) is 16.1. The molecule has 0 heterocycles. The van der Waals surface area contributed by atoms with Gasteiger partial charge in [-0.05, 0) is 74.4 Å². The number of nitrogens with one attached hydrogen (secondary N) is 1. The van der Waals surface area contributed by atoms with E-state index >= 15 is 0 Å². The lowest BCUT2D eigenvalue weighted by Gasteiger charge is -2.26. The zero-order valence-electron chi connectivity index (χ0n) is 19.0. The average Bonchev–Trinajstić information content (AvgIpc) is 2.80. The van der Waals surface area contributed by atoms with E-state index in [0.717, 1.165) is 4.31 Å². The molecule has 0 aromatic heterocycles. The number of amides is 1. The van der Waals surface area contributed by atoms with E-state index in [1.54, 1.807) is 75.4 Å². The van der Waals surface area contributed by atoms with Crippen LogP contribution in [0.15, 0.2) is 71.6 Å². The summed E-state index contributed by atoms with van der Waals surface area (Å²) in [5.41, 5.74) is 2.16. The third-order valence-electron chi connectivity index (χ3n) is 5.15. The molecule has 3 aromatic rings. The number of sulfonamides is 1. The van der Waals surface area contributed by atoms with Crippen molar-refractivity contribution in [2.75, 3.05) is 22.8 Å². The summed E-state index contributed by atoms with van der Waals surface area (Å²) in [5.74, 6) is -1.07. The van der Waals surface area contributed by atoms with Crippen molar-refractivity contribution < 1.29 is 22.7 Å². The summed E-state index contributed by atoms with van der Waals surface area (Å²) in [6, 6.07) is 17.5. The van der Waals surface area contributed by atoms with Crippen LogP contribution in [0.2, 0.25) is 5.02 Å². The molecule has 0 radical (unpaired) electrons. The van der Waals surface area contributed by atoms with Crippen molar-refractivity contribution in [1.29, 1.82) is 0 Å². The molecule has 1 amide bonds. The molecule has 0 aliphatic carbocycles. The minimum absolute atomic E-state index is 0.0534. The maximum atomic E-state index is 13.5. The van der Waals surface area contributed by atoms with Gasteiger partial charge in [-0.3, -0.25) is 9.10 Å². The van der Waals surface area contributed by atoms with Crippen molar-refractivity contribution in [3.05, 3.63) is 88.4 Å². The summed E-state index contributed by atoms with van der Waals surface area (Å²) < 4.78 is 33.1. The highest BCUT2D eigenvalue weighted by Gasteiger charge is 2.28. The van der Waals surface area contributed by atoms with Gasteiger partial charge in [0.1, 0.15) is 6.54 Å². The number of halogens is 1. The van der Waals surface area contributed by atoms with Crippen LogP contribution in [0.25, 0.3) is 0 Å². The fraction of sp³-hybridized carbons (Fsp3) is 0.200. The lowest BCUT2D eigenvalue weighted by Crippen LogP contribution is -2.38. The Morgan fingerprint density at radius 2 is 1.71 bits per heavy atom. The minimum Gasteiger partial charge on any atom is -0.462 e. The third kappa shape index (κ3) is 5.58. The maximum Gasteiger partial charge on any atom is 0.338 e. The Balaban J connectivity index is 1.96. The number of aryl methyl sites for hydroxylation is 1. The van der Waals surface area contributed by atoms with Crippen molar-refractivity contribution in [2.45, 2.75) is 25.7 Å². The number of hydrogen-bond donors (Lipinski definition) is 1. The summed E-state index contributed by atoms with van der Waals surface area (Å²) in [6.07, 6.45) is 0. The highest BCUT2D eigenvalue weighted by molar-refractivity contribution is 7.92. The van der Waals surface area contributed by atoms with Gasteiger partial charge in [-0.15, -0.1) is 0 Å². The van der Waals surface area contributed by atoms with Gasteiger partial charge in [0.15, 0.2) is 0 Å². The molecule has 9 heteroatoms. The molecule has 0 saturated heterocycles. The molecule has 1 N–H and O–H groups in total. The number of carbonyl (C=O) groups is 2. The molecule has 0 aliphatic rings. The highest BCUT2D eigenvalue weighted by atomic mass is 35.5. The van der Waals surface area contributed by atoms with Gasteiger partial charge in [-0.25, -0.2) is 13.2 Å². The van der Waals surface area contributed by atoms with Crippen LogP contribution >= 0.6 is 11.6 Å². The predicted molar refractivity (Wildman–Crippen MR) is 133 cm³/mol. The van der Waals surface area contributed by atoms with Crippen molar-refractivity contribution in [3.63, 3.8) is 0 Å². The second-order valence-electron chi connectivity index (χ2n) is 7.50. The SMILES string of the molecule is CCOC(=O)c1cccc(NC(=O)CN(c2ccc(Cl)cc2C)S(=O)(=O)c2ccccc2)c1C. The largest absolute Gasteiger partial charge is 0.462 e. The molecule has 0 unspecified atom stereocenters. The molecule has 7 nitrogen and oxygen atoms in total. The number of rotatable bonds is 8. The van der Waals surface area contributed by atoms with Crippen molar-refractivity contribution >= 4 is 44.9 Å². The second kappa shape index (κ2) is 10.7. The van der Waals surface area contributed by atoms with Crippen LogP contribution in [-0.4, -0.2) is 33.4 Å². The van der Waals surface area contributed by atoms with Crippen LogP contribution in [0.3, 0.4) is 0 Å². The summed E-state index contributed by atoms with van der Waals surface area (Å²) in [5, 5.41) is 3.18. The zero-order valence-corrected chi connectivity index (χ0v) is 20.6. The van der Waals surface area contributed by atoms with Crippen LogP contribution in [0.4, 0.5) is 11.4 Å². The lowest BCUT2D eigenvalue weighted by molar-refractivity contribution is -0.114. The Labute approximate surface area is 204 Å². The molecular weight excluding hydrogens is 476 g/mol. The quantitative estimate of drug-likeness (QED) is 0.441. The lowest BCUT2D eigenvalue weighted by atomic mass is 10.1. The van der Waals surface area contributed by atoms with Crippen molar-refractivity contribution in [1.82, 2.24) is 0 Å². The standard InChI is InChI=1S/C25H25ClN2O5S/c1-4-33-25(30)21-11-8-12-22(18(21)3)27-24(29)16-28(23-14-13-19(26)15-17(23)2)34(31,32)20-9-6-5-7-10-20/h5-15H,4,16H2,1-3H3,(H,27,29). The topological polar surface area (TPSA) is 92.8 Å². The average molecular weight is 501 g/mol. The Morgan fingerprint density at radius 3 is 2.35 bits per heavy atom. The van der Waals surface area contributed by atoms with Gasteiger partial charge in [0.25, 0.3) is 10.0 Å². The Morgan fingerprint density at radius 1 is 1.00 bits per heavy atom. The first-order valence-electron chi connectivity index (χ1n) is 10.6. The van der Waals surface area contributed by atoms with Crippen LogP contribution in [0, 0.1) is 13.8 Å². The van der Waals surface area contributed by atoms with Gasteiger partial charge < -0.3 is 10.1 Å². The predicted octanol–water partition coefficient (Wildman–Crippen LogP) is 4.97. The summed E-state index contributed by atoms with van der Waals surface area (Å²) >= 11 is 6.06. The van der Waals surface area contributed by atoms with Crippen LogP contribution in [0.1, 0.15) is 28.4 Å². The first kappa shape index (κ1) is 25.3. The number of anilines is 2. The molecule has 0 atom stereocenters. The molecule has 178 valence electrons. The molecule has 0 spiro atoms. The number of nitrogens with zero attached hydrogens (tertiary/aromatic N) is 1. The van der Waals surface area contributed by atoms with E-state index in [4.69, 9.17) is 16.3 Å². The van der Waals surface area contributed by atoms with Gasteiger partial charge >= 0.3 is 5.97 Å². The Kier molecular flexibility index (Phi) is 7.96.